The number of ether oxygens (including phenoxy) is 1. The Bertz CT molecular complexity index is 667. The number of nitriles is 1. The maximum Gasteiger partial charge on any atom is 0.202 e. The number of anilines is 1. The van der Waals surface area contributed by atoms with Crippen molar-refractivity contribution in [3.05, 3.63) is 51.3 Å². The minimum Gasteiger partial charge on any atom is -0.478 e. The highest BCUT2D eigenvalue weighted by Gasteiger charge is 2.14. The van der Waals surface area contributed by atoms with Crippen LogP contribution < -0.4 is 5.73 Å². The second kappa shape index (κ2) is 6.46. The molecule has 0 fully saturated rings. The van der Waals surface area contributed by atoms with Crippen molar-refractivity contribution in [1.82, 2.24) is 0 Å². The monoisotopic (exact) mass is 442 g/mol. The summed E-state index contributed by atoms with van der Waals surface area (Å²) < 4.78 is 7.41. The first kappa shape index (κ1) is 15.1. The average molecular weight is 443 g/mol. The number of nitrogen functional groups attached to an aromatic ring is 1. The van der Waals surface area contributed by atoms with Crippen molar-refractivity contribution in [2.24, 2.45) is 0 Å². The molecule has 5 heteroatoms. The molecule has 3 nitrogen and oxygen atoms in total. The minimum atomic E-state index is -0.522. The molecule has 0 aliphatic carbocycles. The number of rotatable bonds is 2. The lowest BCUT2D eigenvalue weighted by Crippen LogP contribution is -2.07. The number of hydrogen-bond acceptors (Lipinski definition) is 3. The van der Waals surface area contributed by atoms with Gasteiger partial charge in [0.15, 0.2) is 0 Å². The SMILES string of the molecule is C/C(I)=C(/Br)c1cccc(C2=COC(C#N)C=C2)c1N. The van der Waals surface area contributed by atoms with Gasteiger partial charge in [0.25, 0.3) is 0 Å². The topological polar surface area (TPSA) is 59.0 Å². The van der Waals surface area contributed by atoms with Crippen LogP contribution in [-0.4, -0.2) is 6.10 Å². The van der Waals surface area contributed by atoms with E-state index in [9.17, 15) is 0 Å². The van der Waals surface area contributed by atoms with E-state index in [0.29, 0.717) is 5.69 Å². The second-order valence-corrected chi connectivity index (χ2v) is 6.64. The number of halogens is 2. The van der Waals surface area contributed by atoms with Crippen molar-refractivity contribution in [3.8, 4) is 6.07 Å². The van der Waals surface area contributed by atoms with Gasteiger partial charge in [-0.1, -0.05) is 24.3 Å². The first-order valence-electron chi connectivity index (χ1n) is 5.89. The summed E-state index contributed by atoms with van der Waals surface area (Å²) in [5.41, 5.74) is 9.65. The fourth-order valence-electron chi connectivity index (χ4n) is 1.84. The summed E-state index contributed by atoms with van der Waals surface area (Å²) in [5.74, 6) is 0. The maximum atomic E-state index is 8.79. The molecule has 1 aromatic rings. The van der Waals surface area contributed by atoms with Crippen LogP contribution in [0, 0.1) is 11.3 Å². The largest absolute Gasteiger partial charge is 0.478 e. The quantitative estimate of drug-likeness (QED) is 0.537. The number of hydrogen-bond donors (Lipinski definition) is 1. The normalized spacial score (nSPS) is 18.7. The maximum absolute atomic E-state index is 8.79. The molecule has 102 valence electrons. The highest BCUT2D eigenvalue weighted by molar-refractivity contribution is 14.1. The summed E-state index contributed by atoms with van der Waals surface area (Å²) in [6, 6.07) is 7.89. The van der Waals surface area contributed by atoms with E-state index in [1.807, 2.05) is 37.3 Å². The van der Waals surface area contributed by atoms with Gasteiger partial charge in [0.2, 0.25) is 6.10 Å². The molecular formula is C15H12BrIN2O. The third kappa shape index (κ3) is 3.07. The fourth-order valence-corrected chi connectivity index (χ4v) is 2.48. The Morgan fingerprint density at radius 3 is 2.80 bits per heavy atom. The van der Waals surface area contributed by atoms with E-state index < -0.39 is 6.10 Å². The lowest BCUT2D eigenvalue weighted by atomic mass is 9.99. The van der Waals surface area contributed by atoms with Gasteiger partial charge in [-0.15, -0.1) is 0 Å². The lowest BCUT2D eigenvalue weighted by molar-refractivity contribution is 0.232. The summed E-state index contributed by atoms with van der Waals surface area (Å²) >= 11 is 5.81. The van der Waals surface area contributed by atoms with Crippen molar-refractivity contribution in [2.45, 2.75) is 13.0 Å². The smallest absolute Gasteiger partial charge is 0.202 e. The predicted molar refractivity (Wildman–Crippen MR) is 94.0 cm³/mol. The summed E-state index contributed by atoms with van der Waals surface area (Å²) in [6.07, 6.45) is 4.64. The molecule has 2 N–H and O–H groups in total. The summed E-state index contributed by atoms with van der Waals surface area (Å²) in [7, 11) is 0. The molecule has 1 aliphatic heterocycles. The number of nitrogens with zero attached hydrogens (tertiary/aromatic N) is 1. The van der Waals surface area contributed by atoms with Crippen molar-refractivity contribution in [3.63, 3.8) is 0 Å². The van der Waals surface area contributed by atoms with Crippen LogP contribution in [0.2, 0.25) is 0 Å². The van der Waals surface area contributed by atoms with Crippen LogP contribution in [0.3, 0.4) is 0 Å². The third-order valence-corrected chi connectivity index (χ3v) is 5.18. The van der Waals surface area contributed by atoms with Crippen molar-refractivity contribution < 1.29 is 4.74 Å². The van der Waals surface area contributed by atoms with E-state index in [1.54, 1.807) is 12.3 Å². The van der Waals surface area contributed by atoms with Crippen molar-refractivity contribution >= 4 is 54.3 Å². The molecule has 1 aromatic carbocycles. The molecule has 0 bridgehead atoms. The van der Waals surface area contributed by atoms with Crippen LogP contribution in [0.5, 0.6) is 0 Å². The average Bonchev–Trinajstić information content (AvgIpc) is 2.47. The van der Waals surface area contributed by atoms with Gasteiger partial charge < -0.3 is 10.5 Å². The van der Waals surface area contributed by atoms with E-state index in [4.69, 9.17) is 15.7 Å². The zero-order valence-electron chi connectivity index (χ0n) is 10.7. The standard InChI is InChI=1S/C15H12BrIN2O/c1-9(17)14(16)13-4-2-3-12(15(13)19)10-5-6-11(7-18)20-8-10/h2-6,8,11H,19H2,1H3/b14-9-. The van der Waals surface area contributed by atoms with Crippen LogP contribution in [0.15, 0.2) is 40.2 Å². The molecule has 0 radical (unpaired) electrons. The Morgan fingerprint density at radius 2 is 2.25 bits per heavy atom. The van der Waals surface area contributed by atoms with Crippen LogP contribution in [0.25, 0.3) is 10.1 Å². The van der Waals surface area contributed by atoms with Gasteiger partial charge in [-0.25, -0.2) is 0 Å². The number of nitrogens with two attached hydrogens (primary N) is 1. The van der Waals surface area contributed by atoms with Gasteiger partial charge in [-0.05, 0) is 51.5 Å². The molecular weight excluding hydrogens is 431 g/mol. The lowest BCUT2D eigenvalue weighted by Gasteiger charge is -2.16. The molecule has 1 aliphatic rings. The number of allylic oxidation sites excluding steroid dienone is 3. The van der Waals surface area contributed by atoms with Crippen LogP contribution in [0.1, 0.15) is 18.1 Å². The third-order valence-electron chi connectivity index (χ3n) is 2.88. The zero-order chi connectivity index (χ0) is 14.7. The van der Waals surface area contributed by atoms with Crippen LogP contribution in [0.4, 0.5) is 5.69 Å². The van der Waals surface area contributed by atoms with Gasteiger partial charge in [-0.2, -0.15) is 5.26 Å². The van der Waals surface area contributed by atoms with Gasteiger partial charge in [0.1, 0.15) is 6.07 Å². The molecule has 1 unspecified atom stereocenters. The Hall–Kier alpha value is -1.26. The highest BCUT2D eigenvalue weighted by Crippen LogP contribution is 2.36. The van der Waals surface area contributed by atoms with Crippen LogP contribution >= 0.6 is 38.5 Å². The van der Waals surface area contributed by atoms with Crippen molar-refractivity contribution in [2.75, 3.05) is 5.73 Å². The number of para-hydroxylation sites is 1. The molecule has 1 heterocycles. The molecule has 1 atom stereocenters. The van der Waals surface area contributed by atoms with E-state index >= 15 is 0 Å². The first-order chi connectivity index (χ1) is 9.54. The minimum absolute atomic E-state index is 0.522. The summed E-state index contributed by atoms with van der Waals surface area (Å²) in [5, 5.41) is 8.79. The van der Waals surface area contributed by atoms with Gasteiger partial charge in [0, 0.05) is 30.4 Å². The molecule has 0 aromatic heterocycles. The van der Waals surface area contributed by atoms with Crippen molar-refractivity contribution in [1.29, 1.82) is 5.26 Å². The molecule has 0 saturated carbocycles. The first-order valence-corrected chi connectivity index (χ1v) is 7.76. The van der Waals surface area contributed by atoms with E-state index in [1.165, 1.54) is 0 Å². The Morgan fingerprint density at radius 1 is 1.50 bits per heavy atom. The van der Waals surface area contributed by atoms with Gasteiger partial charge in [-0.3, -0.25) is 0 Å². The predicted octanol–water partition coefficient (Wildman–Crippen LogP) is 4.61. The number of benzene rings is 1. The molecule has 20 heavy (non-hydrogen) atoms. The Labute approximate surface area is 140 Å². The summed E-state index contributed by atoms with van der Waals surface area (Å²) in [4.78, 5) is 0. The van der Waals surface area contributed by atoms with Gasteiger partial charge >= 0.3 is 0 Å². The van der Waals surface area contributed by atoms with E-state index in [-0.39, 0.29) is 0 Å². The zero-order valence-corrected chi connectivity index (χ0v) is 14.5. The Kier molecular flexibility index (Phi) is 4.89. The van der Waals surface area contributed by atoms with E-state index in [2.05, 4.69) is 38.5 Å². The Balaban J connectivity index is 2.44. The van der Waals surface area contributed by atoms with Gasteiger partial charge in [0.05, 0.1) is 6.26 Å². The molecule has 0 amide bonds. The second-order valence-electron chi connectivity index (χ2n) is 4.23. The molecule has 2 rings (SSSR count). The van der Waals surface area contributed by atoms with Crippen LogP contribution in [-0.2, 0) is 4.74 Å². The van der Waals surface area contributed by atoms with E-state index in [0.717, 1.165) is 24.8 Å². The molecule has 0 spiro atoms. The molecule has 0 saturated heterocycles. The fraction of sp³-hybridized carbons (Fsp3) is 0.133. The summed E-state index contributed by atoms with van der Waals surface area (Å²) in [6.45, 7) is 2.01. The highest BCUT2D eigenvalue weighted by atomic mass is 127.